The average molecular weight is 418 g/mol. The molecule has 1 aromatic rings. The van der Waals surface area contributed by atoms with Crippen LogP contribution in [0.15, 0.2) is 29.3 Å². The van der Waals surface area contributed by atoms with Crippen LogP contribution in [0.4, 0.5) is 0 Å². The molecule has 2 fully saturated rings. The van der Waals surface area contributed by atoms with E-state index >= 15 is 0 Å². The number of benzene rings is 1. The zero-order valence-corrected chi connectivity index (χ0v) is 18.5. The fourth-order valence-corrected chi connectivity index (χ4v) is 4.48. The molecule has 2 aliphatic heterocycles. The van der Waals surface area contributed by atoms with E-state index in [9.17, 15) is 4.79 Å². The summed E-state index contributed by atoms with van der Waals surface area (Å²) in [7, 11) is 3.49. The van der Waals surface area contributed by atoms with Gasteiger partial charge in [0, 0.05) is 45.3 Å². The van der Waals surface area contributed by atoms with Gasteiger partial charge < -0.3 is 24.4 Å². The fourth-order valence-electron chi connectivity index (χ4n) is 4.48. The van der Waals surface area contributed by atoms with Crippen molar-refractivity contribution in [3.63, 3.8) is 0 Å². The second-order valence-electron chi connectivity index (χ2n) is 8.06. The van der Waals surface area contributed by atoms with Crippen LogP contribution < -0.4 is 10.1 Å². The molecular weight excluding hydrogens is 382 g/mol. The molecule has 7 heteroatoms. The van der Waals surface area contributed by atoms with Gasteiger partial charge in [0.15, 0.2) is 5.96 Å². The Kier molecular flexibility index (Phi) is 7.96. The second-order valence-corrected chi connectivity index (χ2v) is 8.06. The molecule has 30 heavy (non-hydrogen) atoms. The highest BCUT2D eigenvalue weighted by Crippen LogP contribution is 2.35. The molecule has 0 aromatic heterocycles. The van der Waals surface area contributed by atoms with Crippen LogP contribution in [0.2, 0.25) is 0 Å². The van der Waals surface area contributed by atoms with Crippen molar-refractivity contribution in [2.45, 2.75) is 38.0 Å². The van der Waals surface area contributed by atoms with Crippen LogP contribution in [0.25, 0.3) is 0 Å². The van der Waals surface area contributed by atoms with E-state index < -0.39 is 0 Å². The molecule has 1 N–H and O–H groups in total. The maximum atomic E-state index is 12.2. The van der Waals surface area contributed by atoms with Crippen LogP contribution in [-0.4, -0.2) is 70.4 Å². The number of guanidine groups is 1. The Balaban J connectivity index is 1.69. The molecule has 166 valence electrons. The Morgan fingerprint density at radius 3 is 2.67 bits per heavy atom. The van der Waals surface area contributed by atoms with Gasteiger partial charge in [0.25, 0.3) is 0 Å². The summed E-state index contributed by atoms with van der Waals surface area (Å²) < 4.78 is 16.2. The number of likely N-dealkylation sites (tertiary alicyclic amines) is 1. The van der Waals surface area contributed by atoms with Gasteiger partial charge in [-0.3, -0.25) is 9.79 Å². The van der Waals surface area contributed by atoms with Gasteiger partial charge >= 0.3 is 5.97 Å². The van der Waals surface area contributed by atoms with Gasteiger partial charge in [-0.15, -0.1) is 0 Å². The number of rotatable bonds is 6. The first kappa shape index (κ1) is 22.4. The van der Waals surface area contributed by atoms with Crippen LogP contribution in [-0.2, 0) is 19.7 Å². The third-order valence-electron chi connectivity index (χ3n) is 6.29. The lowest BCUT2D eigenvalue weighted by Crippen LogP contribution is -2.52. The van der Waals surface area contributed by atoms with Gasteiger partial charge in [-0.2, -0.15) is 0 Å². The minimum Gasteiger partial charge on any atom is -0.497 e. The van der Waals surface area contributed by atoms with Crippen molar-refractivity contribution in [3.05, 3.63) is 29.8 Å². The standard InChI is InChI=1S/C23H35N3O4/c1-4-30-21(27)18-6-5-13-26(16-18)22(24-2)25-17-23(11-14-29-15-12-23)19-7-9-20(28-3)10-8-19/h7-10,18H,4-6,11-17H2,1-3H3,(H,24,25). The molecule has 3 rings (SSSR count). The van der Waals surface area contributed by atoms with E-state index in [2.05, 4.69) is 27.3 Å². The lowest BCUT2D eigenvalue weighted by Gasteiger charge is -2.40. The number of hydrogen-bond acceptors (Lipinski definition) is 5. The molecule has 0 spiro atoms. The normalized spacial score (nSPS) is 21.8. The van der Waals surface area contributed by atoms with Crippen molar-refractivity contribution in [2.75, 3.05) is 53.6 Å². The predicted molar refractivity (Wildman–Crippen MR) is 117 cm³/mol. The first-order valence-electron chi connectivity index (χ1n) is 11.0. The lowest BCUT2D eigenvalue weighted by atomic mass is 9.74. The molecular formula is C23H35N3O4. The van der Waals surface area contributed by atoms with Gasteiger partial charge in [-0.1, -0.05) is 12.1 Å². The number of carbonyl (C=O) groups is 1. The van der Waals surface area contributed by atoms with E-state index in [1.54, 1.807) is 14.2 Å². The van der Waals surface area contributed by atoms with Crippen LogP contribution >= 0.6 is 0 Å². The number of hydrogen-bond donors (Lipinski definition) is 1. The maximum Gasteiger partial charge on any atom is 0.310 e. The number of ether oxygens (including phenoxy) is 3. The van der Waals surface area contributed by atoms with E-state index in [1.807, 2.05) is 19.1 Å². The fraction of sp³-hybridized carbons (Fsp3) is 0.652. The second kappa shape index (κ2) is 10.7. The van der Waals surface area contributed by atoms with Gasteiger partial charge in [-0.25, -0.2) is 0 Å². The molecule has 0 saturated carbocycles. The molecule has 2 aliphatic rings. The number of esters is 1. The summed E-state index contributed by atoms with van der Waals surface area (Å²) in [4.78, 5) is 18.9. The summed E-state index contributed by atoms with van der Waals surface area (Å²) in [5.41, 5.74) is 1.27. The van der Waals surface area contributed by atoms with Crippen molar-refractivity contribution in [3.8, 4) is 5.75 Å². The molecule has 0 radical (unpaired) electrons. The van der Waals surface area contributed by atoms with Crippen LogP contribution in [0.3, 0.4) is 0 Å². The van der Waals surface area contributed by atoms with Crippen molar-refractivity contribution < 1.29 is 19.0 Å². The Bertz CT molecular complexity index is 714. The number of carbonyl (C=O) groups excluding carboxylic acids is 1. The Morgan fingerprint density at radius 2 is 2.03 bits per heavy atom. The first-order chi connectivity index (χ1) is 14.6. The number of nitrogens with zero attached hydrogens (tertiary/aromatic N) is 2. The highest BCUT2D eigenvalue weighted by Gasteiger charge is 2.36. The van der Waals surface area contributed by atoms with Crippen molar-refractivity contribution in [1.82, 2.24) is 10.2 Å². The largest absolute Gasteiger partial charge is 0.497 e. The molecule has 1 atom stereocenters. The molecule has 0 amide bonds. The summed E-state index contributed by atoms with van der Waals surface area (Å²) in [5, 5.41) is 3.61. The van der Waals surface area contributed by atoms with Crippen molar-refractivity contribution >= 4 is 11.9 Å². The molecule has 0 bridgehead atoms. The maximum absolute atomic E-state index is 12.2. The number of aliphatic imine (C=N–C) groups is 1. The van der Waals surface area contributed by atoms with Gasteiger partial charge in [0.1, 0.15) is 5.75 Å². The highest BCUT2D eigenvalue weighted by molar-refractivity contribution is 5.81. The summed E-state index contributed by atoms with van der Waals surface area (Å²) in [6, 6.07) is 8.37. The SMILES string of the molecule is CCOC(=O)C1CCCN(C(=NC)NCC2(c3ccc(OC)cc3)CCOCC2)C1. The van der Waals surface area contributed by atoms with E-state index in [1.165, 1.54) is 5.56 Å². The van der Waals surface area contributed by atoms with E-state index in [-0.39, 0.29) is 17.3 Å². The molecule has 2 heterocycles. The predicted octanol–water partition coefficient (Wildman–Crippen LogP) is 2.59. The Labute approximate surface area is 179 Å². The third-order valence-corrected chi connectivity index (χ3v) is 6.29. The topological polar surface area (TPSA) is 72.4 Å². The lowest BCUT2D eigenvalue weighted by molar-refractivity contribution is -0.149. The van der Waals surface area contributed by atoms with E-state index in [0.29, 0.717) is 13.2 Å². The molecule has 1 unspecified atom stereocenters. The van der Waals surface area contributed by atoms with Crippen LogP contribution in [0, 0.1) is 5.92 Å². The van der Waals surface area contributed by atoms with Crippen LogP contribution in [0.5, 0.6) is 5.75 Å². The van der Waals surface area contributed by atoms with Crippen molar-refractivity contribution in [2.24, 2.45) is 10.9 Å². The summed E-state index contributed by atoms with van der Waals surface area (Å²) in [6.07, 6.45) is 3.74. The molecule has 1 aromatic carbocycles. The monoisotopic (exact) mass is 417 g/mol. The highest BCUT2D eigenvalue weighted by atomic mass is 16.5. The Hall–Kier alpha value is -2.28. The van der Waals surface area contributed by atoms with E-state index in [0.717, 1.165) is 63.7 Å². The van der Waals surface area contributed by atoms with Gasteiger partial charge in [-0.05, 0) is 50.3 Å². The van der Waals surface area contributed by atoms with Crippen molar-refractivity contribution in [1.29, 1.82) is 0 Å². The quantitative estimate of drug-likeness (QED) is 0.436. The molecule has 7 nitrogen and oxygen atoms in total. The zero-order chi connectivity index (χ0) is 21.4. The molecule has 0 aliphatic carbocycles. The summed E-state index contributed by atoms with van der Waals surface area (Å²) in [6.45, 7) is 6.10. The average Bonchev–Trinajstić information content (AvgIpc) is 2.80. The van der Waals surface area contributed by atoms with Gasteiger partial charge in [0.2, 0.25) is 0 Å². The number of nitrogens with one attached hydrogen (secondary N) is 1. The third kappa shape index (κ3) is 5.25. The molecule has 2 saturated heterocycles. The van der Waals surface area contributed by atoms with Crippen LogP contribution in [0.1, 0.15) is 38.2 Å². The minimum atomic E-state index is -0.100. The minimum absolute atomic E-state index is 0.0171. The summed E-state index contributed by atoms with van der Waals surface area (Å²) >= 11 is 0. The zero-order valence-electron chi connectivity index (χ0n) is 18.5. The number of piperidine rings is 1. The summed E-state index contributed by atoms with van der Waals surface area (Å²) in [5.74, 6) is 1.53. The number of methoxy groups -OCH3 is 1. The van der Waals surface area contributed by atoms with Gasteiger partial charge in [0.05, 0.1) is 19.6 Å². The van der Waals surface area contributed by atoms with E-state index in [4.69, 9.17) is 14.2 Å². The first-order valence-corrected chi connectivity index (χ1v) is 11.0. The smallest absolute Gasteiger partial charge is 0.310 e. The Morgan fingerprint density at radius 1 is 1.30 bits per heavy atom.